The summed E-state index contributed by atoms with van der Waals surface area (Å²) in [5.74, 6) is 1.41. The van der Waals surface area contributed by atoms with Crippen LogP contribution in [0.4, 0.5) is 0 Å². The molecule has 8 nitrogen and oxygen atoms in total. The van der Waals surface area contributed by atoms with E-state index in [-0.39, 0.29) is 18.3 Å². The van der Waals surface area contributed by atoms with Gasteiger partial charge in [0, 0.05) is 32.0 Å². The fraction of sp³-hybridized carbons (Fsp3) is 0.955. The SMILES string of the molecule is CC(=O)NC1CCC(CN2CCCC2C2NC(C3CCC(N(C)C)NC3)NO2)CC1. The second-order valence-electron chi connectivity index (χ2n) is 10.1. The van der Waals surface area contributed by atoms with Crippen LogP contribution in [-0.2, 0) is 9.63 Å². The molecule has 0 spiro atoms. The Morgan fingerprint density at radius 2 is 1.93 bits per heavy atom. The molecule has 0 radical (unpaired) electrons. The van der Waals surface area contributed by atoms with E-state index in [9.17, 15) is 4.79 Å². The van der Waals surface area contributed by atoms with Gasteiger partial charge in [0.25, 0.3) is 0 Å². The molecule has 4 rings (SSSR count). The molecule has 5 unspecified atom stereocenters. The molecule has 3 saturated heterocycles. The third kappa shape index (κ3) is 5.53. The smallest absolute Gasteiger partial charge is 0.217 e. The van der Waals surface area contributed by atoms with Crippen LogP contribution >= 0.6 is 0 Å². The molecule has 3 heterocycles. The third-order valence-electron chi connectivity index (χ3n) is 7.70. The number of nitrogens with one attached hydrogen (secondary N) is 4. The molecular weight excluding hydrogens is 380 g/mol. The van der Waals surface area contributed by atoms with E-state index in [0.29, 0.717) is 24.2 Å². The minimum Gasteiger partial charge on any atom is -0.354 e. The predicted octanol–water partition coefficient (Wildman–Crippen LogP) is 0.810. The summed E-state index contributed by atoms with van der Waals surface area (Å²) in [6, 6.07) is 0.843. The Morgan fingerprint density at radius 1 is 1.13 bits per heavy atom. The van der Waals surface area contributed by atoms with Gasteiger partial charge >= 0.3 is 0 Å². The van der Waals surface area contributed by atoms with Gasteiger partial charge in [0.05, 0.1) is 18.4 Å². The molecule has 0 aromatic heterocycles. The molecule has 8 heteroatoms. The molecule has 3 aliphatic heterocycles. The highest BCUT2D eigenvalue weighted by molar-refractivity contribution is 5.73. The lowest BCUT2D eigenvalue weighted by atomic mass is 9.85. The molecule has 30 heavy (non-hydrogen) atoms. The molecule has 0 aromatic rings. The van der Waals surface area contributed by atoms with Gasteiger partial charge in [-0.25, -0.2) is 0 Å². The summed E-state index contributed by atoms with van der Waals surface area (Å²) in [7, 11) is 4.29. The maximum atomic E-state index is 11.3. The Bertz CT molecular complexity index is 560. The minimum atomic E-state index is 0.0831. The van der Waals surface area contributed by atoms with Crippen molar-refractivity contribution in [1.82, 2.24) is 31.2 Å². The van der Waals surface area contributed by atoms with Crippen molar-refractivity contribution in [3.8, 4) is 0 Å². The fourth-order valence-corrected chi connectivity index (χ4v) is 5.93. The fourth-order valence-electron chi connectivity index (χ4n) is 5.93. The molecular formula is C22H42N6O2. The van der Waals surface area contributed by atoms with Crippen LogP contribution in [0.15, 0.2) is 0 Å². The second kappa shape index (κ2) is 10.2. The van der Waals surface area contributed by atoms with Crippen molar-refractivity contribution in [1.29, 1.82) is 0 Å². The first-order chi connectivity index (χ1) is 14.5. The van der Waals surface area contributed by atoms with Crippen molar-refractivity contribution < 1.29 is 9.63 Å². The van der Waals surface area contributed by atoms with Crippen LogP contribution in [-0.4, -0.2) is 80.1 Å². The van der Waals surface area contributed by atoms with Crippen molar-refractivity contribution in [2.75, 3.05) is 33.7 Å². The molecule has 0 aromatic carbocycles. The number of hydrogen-bond donors (Lipinski definition) is 4. The number of likely N-dealkylation sites (tertiary alicyclic amines) is 1. The largest absolute Gasteiger partial charge is 0.354 e. The summed E-state index contributed by atoms with van der Waals surface area (Å²) in [6.45, 7) is 4.99. The van der Waals surface area contributed by atoms with Gasteiger partial charge in [-0.15, -0.1) is 0 Å². The van der Waals surface area contributed by atoms with E-state index in [1.807, 2.05) is 0 Å². The maximum absolute atomic E-state index is 11.3. The van der Waals surface area contributed by atoms with Gasteiger partial charge < -0.3 is 10.6 Å². The highest BCUT2D eigenvalue weighted by atomic mass is 16.7. The summed E-state index contributed by atoms with van der Waals surface area (Å²) < 4.78 is 0. The summed E-state index contributed by atoms with van der Waals surface area (Å²) in [6.07, 6.45) is 10.3. The number of nitrogens with zero attached hydrogens (tertiary/aromatic N) is 2. The number of carbonyl (C=O) groups is 1. The van der Waals surface area contributed by atoms with Gasteiger partial charge in [0.1, 0.15) is 6.23 Å². The zero-order valence-electron chi connectivity index (χ0n) is 19.0. The Balaban J connectivity index is 1.22. The molecule has 1 saturated carbocycles. The van der Waals surface area contributed by atoms with Crippen LogP contribution in [0.2, 0.25) is 0 Å². The quantitative estimate of drug-likeness (QED) is 0.504. The standard InChI is InChI=1S/C22H42N6O2/c1-15(29)24-18-9-6-16(7-10-18)14-28-12-4-5-19(28)22-25-21(26-30-22)17-8-11-20(23-13-17)27(2)3/h16-23,25-26H,4-14H2,1-3H3,(H,24,29). The van der Waals surface area contributed by atoms with Crippen molar-refractivity contribution >= 4 is 5.91 Å². The average Bonchev–Trinajstić information content (AvgIpc) is 3.38. The average molecular weight is 423 g/mol. The first kappa shape index (κ1) is 22.4. The first-order valence-electron chi connectivity index (χ1n) is 12.1. The number of carbonyl (C=O) groups excluding carboxylic acids is 1. The number of amides is 1. The molecule has 0 bridgehead atoms. The van der Waals surface area contributed by atoms with E-state index < -0.39 is 0 Å². The van der Waals surface area contributed by atoms with E-state index in [0.717, 1.165) is 25.3 Å². The normalized spacial score (nSPS) is 40.7. The molecule has 4 N–H and O–H groups in total. The van der Waals surface area contributed by atoms with Crippen LogP contribution in [0, 0.1) is 11.8 Å². The number of rotatable bonds is 6. The Hall–Kier alpha value is -0.770. The third-order valence-corrected chi connectivity index (χ3v) is 7.70. The van der Waals surface area contributed by atoms with Crippen LogP contribution < -0.4 is 21.4 Å². The van der Waals surface area contributed by atoms with Gasteiger partial charge in [-0.2, -0.15) is 5.48 Å². The van der Waals surface area contributed by atoms with Crippen LogP contribution in [0.5, 0.6) is 0 Å². The van der Waals surface area contributed by atoms with Crippen molar-refractivity contribution in [3.63, 3.8) is 0 Å². The molecule has 4 aliphatic rings. The van der Waals surface area contributed by atoms with E-state index in [1.54, 1.807) is 6.92 Å². The van der Waals surface area contributed by atoms with Crippen molar-refractivity contribution in [2.45, 2.75) is 88.9 Å². The molecule has 4 fully saturated rings. The lowest BCUT2D eigenvalue weighted by Gasteiger charge is -2.36. The van der Waals surface area contributed by atoms with E-state index >= 15 is 0 Å². The Labute approximate surface area is 181 Å². The highest BCUT2D eigenvalue weighted by Crippen LogP contribution is 2.30. The lowest BCUT2D eigenvalue weighted by molar-refractivity contribution is -0.119. The van der Waals surface area contributed by atoms with Gasteiger partial charge in [-0.1, -0.05) is 0 Å². The molecule has 1 amide bonds. The van der Waals surface area contributed by atoms with Gasteiger partial charge in [-0.3, -0.25) is 24.7 Å². The zero-order valence-corrected chi connectivity index (χ0v) is 19.0. The van der Waals surface area contributed by atoms with Gasteiger partial charge in [0.2, 0.25) is 5.91 Å². The lowest BCUT2D eigenvalue weighted by Crippen LogP contribution is -2.54. The van der Waals surface area contributed by atoms with Crippen molar-refractivity contribution in [3.05, 3.63) is 0 Å². The predicted molar refractivity (Wildman–Crippen MR) is 117 cm³/mol. The van der Waals surface area contributed by atoms with Crippen molar-refractivity contribution in [2.24, 2.45) is 11.8 Å². The molecule has 172 valence electrons. The van der Waals surface area contributed by atoms with Crippen LogP contribution in [0.25, 0.3) is 0 Å². The summed E-state index contributed by atoms with van der Waals surface area (Å²) in [5, 5.41) is 10.5. The highest BCUT2D eigenvalue weighted by Gasteiger charge is 2.41. The van der Waals surface area contributed by atoms with E-state index in [2.05, 4.69) is 45.3 Å². The second-order valence-corrected chi connectivity index (χ2v) is 10.1. The Morgan fingerprint density at radius 3 is 2.60 bits per heavy atom. The monoisotopic (exact) mass is 422 g/mol. The van der Waals surface area contributed by atoms with E-state index in [4.69, 9.17) is 4.84 Å². The summed E-state index contributed by atoms with van der Waals surface area (Å²) in [5.41, 5.74) is 3.31. The maximum Gasteiger partial charge on any atom is 0.217 e. The number of piperidine rings is 1. The molecule has 5 atom stereocenters. The van der Waals surface area contributed by atoms with Crippen LogP contribution in [0.1, 0.15) is 58.3 Å². The first-order valence-corrected chi connectivity index (χ1v) is 12.1. The molecule has 1 aliphatic carbocycles. The number of hydrogen-bond acceptors (Lipinski definition) is 7. The summed E-state index contributed by atoms with van der Waals surface area (Å²) >= 11 is 0. The summed E-state index contributed by atoms with van der Waals surface area (Å²) in [4.78, 5) is 22.3. The zero-order chi connectivity index (χ0) is 21.1. The minimum absolute atomic E-state index is 0.0831. The van der Waals surface area contributed by atoms with E-state index in [1.165, 1.54) is 51.6 Å². The van der Waals surface area contributed by atoms with Gasteiger partial charge in [-0.05, 0) is 77.9 Å². The topological polar surface area (TPSA) is 80.9 Å². The van der Waals surface area contributed by atoms with Crippen LogP contribution in [0.3, 0.4) is 0 Å². The van der Waals surface area contributed by atoms with Gasteiger partial charge in [0.15, 0.2) is 0 Å². The number of hydroxylamine groups is 1. The Kier molecular flexibility index (Phi) is 7.65.